The Kier molecular flexibility index (Phi) is 5.41. The van der Waals surface area contributed by atoms with Crippen LogP contribution in [0.1, 0.15) is 45.6 Å². The molecule has 1 N–H and O–H groups in total. The third kappa shape index (κ3) is 4.11. The first kappa shape index (κ1) is 21.5. The van der Waals surface area contributed by atoms with E-state index in [1.54, 1.807) is 0 Å². The van der Waals surface area contributed by atoms with Gasteiger partial charge in [-0.1, -0.05) is 0 Å². The molecule has 1 aromatic rings. The smallest absolute Gasteiger partial charge is 0.325 e. The SMILES string of the molecule is CC(=O)OC1CCN(CCN2C(=O)NC3(CC(C)(C)Oc4ccc(F)cc43)C2=O)CC1. The summed E-state index contributed by atoms with van der Waals surface area (Å²) in [7, 11) is 0. The minimum absolute atomic E-state index is 0.0791. The van der Waals surface area contributed by atoms with Gasteiger partial charge < -0.3 is 19.7 Å². The second-order valence-corrected chi connectivity index (χ2v) is 9.12. The molecule has 3 amide bonds. The van der Waals surface area contributed by atoms with Crippen LogP contribution in [-0.2, 0) is 19.9 Å². The van der Waals surface area contributed by atoms with E-state index in [2.05, 4.69) is 10.2 Å². The molecule has 1 atom stereocenters. The van der Waals surface area contributed by atoms with Gasteiger partial charge in [0.25, 0.3) is 5.91 Å². The number of urea groups is 1. The number of nitrogens with zero attached hydrogens (tertiary/aromatic N) is 2. The predicted molar refractivity (Wildman–Crippen MR) is 109 cm³/mol. The maximum Gasteiger partial charge on any atom is 0.325 e. The van der Waals surface area contributed by atoms with Crippen molar-refractivity contribution >= 4 is 17.9 Å². The number of carbonyl (C=O) groups excluding carboxylic acids is 3. The van der Waals surface area contributed by atoms with Crippen LogP contribution in [0.4, 0.5) is 9.18 Å². The summed E-state index contributed by atoms with van der Waals surface area (Å²) in [5.41, 5.74) is -1.68. The van der Waals surface area contributed by atoms with Gasteiger partial charge in [0.1, 0.15) is 23.3 Å². The number of esters is 1. The van der Waals surface area contributed by atoms with E-state index in [1.807, 2.05) is 13.8 Å². The van der Waals surface area contributed by atoms with Crippen molar-refractivity contribution in [1.29, 1.82) is 0 Å². The first-order valence-corrected chi connectivity index (χ1v) is 10.6. The van der Waals surface area contributed by atoms with Crippen LogP contribution < -0.4 is 10.1 Å². The molecule has 8 nitrogen and oxygen atoms in total. The normalized spacial score (nSPS) is 25.9. The Morgan fingerprint density at radius 3 is 2.65 bits per heavy atom. The third-order valence-corrected chi connectivity index (χ3v) is 6.16. The average Bonchev–Trinajstić information content (AvgIpc) is 2.91. The lowest BCUT2D eigenvalue weighted by molar-refractivity contribution is -0.148. The van der Waals surface area contributed by atoms with Crippen molar-refractivity contribution in [2.75, 3.05) is 26.2 Å². The Balaban J connectivity index is 1.47. The largest absolute Gasteiger partial charge is 0.487 e. The topological polar surface area (TPSA) is 88.2 Å². The number of hydrogen-bond acceptors (Lipinski definition) is 6. The van der Waals surface area contributed by atoms with Crippen LogP contribution in [0, 0.1) is 5.82 Å². The summed E-state index contributed by atoms with van der Waals surface area (Å²) < 4.78 is 25.2. The highest BCUT2D eigenvalue weighted by Crippen LogP contribution is 2.46. The zero-order chi connectivity index (χ0) is 22.4. The van der Waals surface area contributed by atoms with Crippen LogP contribution in [0.2, 0.25) is 0 Å². The molecule has 0 aromatic heterocycles. The van der Waals surface area contributed by atoms with Crippen LogP contribution in [-0.4, -0.2) is 65.6 Å². The zero-order valence-corrected chi connectivity index (χ0v) is 18.1. The Morgan fingerprint density at radius 1 is 1.26 bits per heavy atom. The Labute approximate surface area is 180 Å². The van der Waals surface area contributed by atoms with Gasteiger partial charge in [-0.2, -0.15) is 0 Å². The monoisotopic (exact) mass is 433 g/mol. The summed E-state index contributed by atoms with van der Waals surface area (Å²) in [5, 5.41) is 2.84. The lowest BCUT2D eigenvalue weighted by atomic mass is 9.77. The van der Waals surface area contributed by atoms with E-state index in [0.717, 1.165) is 25.9 Å². The van der Waals surface area contributed by atoms with Gasteiger partial charge in [-0.15, -0.1) is 0 Å². The number of piperidine rings is 1. The summed E-state index contributed by atoms with van der Waals surface area (Å²) in [6.07, 6.45) is 1.58. The molecule has 3 aliphatic rings. The number of imide groups is 1. The maximum absolute atomic E-state index is 14.0. The van der Waals surface area contributed by atoms with Crippen molar-refractivity contribution in [3.05, 3.63) is 29.6 Å². The molecule has 1 spiro atoms. The molecule has 1 unspecified atom stereocenters. The average molecular weight is 433 g/mol. The first-order chi connectivity index (χ1) is 14.6. The van der Waals surface area contributed by atoms with E-state index in [9.17, 15) is 18.8 Å². The molecule has 0 aliphatic carbocycles. The van der Waals surface area contributed by atoms with Gasteiger partial charge >= 0.3 is 12.0 Å². The fourth-order valence-corrected chi connectivity index (χ4v) is 4.85. The van der Waals surface area contributed by atoms with Crippen molar-refractivity contribution in [2.45, 2.75) is 57.3 Å². The molecule has 0 saturated carbocycles. The minimum atomic E-state index is -1.33. The van der Waals surface area contributed by atoms with E-state index in [4.69, 9.17) is 9.47 Å². The summed E-state index contributed by atoms with van der Waals surface area (Å²) in [5.74, 6) is -0.743. The van der Waals surface area contributed by atoms with Gasteiger partial charge in [0.15, 0.2) is 5.54 Å². The van der Waals surface area contributed by atoms with Gasteiger partial charge in [-0.25, -0.2) is 9.18 Å². The van der Waals surface area contributed by atoms with Crippen LogP contribution >= 0.6 is 0 Å². The van der Waals surface area contributed by atoms with Gasteiger partial charge in [0.2, 0.25) is 0 Å². The molecule has 3 heterocycles. The molecule has 1 aromatic carbocycles. The van der Waals surface area contributed by atoms with Crippen LogP contribution in [0.5, 0.6) is 5.75 Å². The number of ether oxygens (including phenoxy) is 2. The van der Waals surface area contributed by atoms with E-state index in [-0.39, 0.29) is 30.9 Å². The molecule has 4 rings (SSSR count). The number of amides is 3. The van der Waals surface area contributed by atoms with E-state index >= 15 is 0 Å². The van der Waals surface area contributed by atoms with Crippen LogP contribution in [0.25, 0.3) is 0 Å². The molecular formula is C22H28FN3O5. The highest BCUT2D eigenvalue weighted by atomic mass is 19.1. The number of halogens is 1. The first-order valence-electron chi connectivity index (χ1n) is 10.6. The van der Waals surface area contributed by atoms with Crippen molar-refractivity contribution in [3.63, 3.8) is 0 Å². The van der Waals surface area contributed by atoms with Crippen molar-refractivity contribution < 1.29 is 28.2 Å². The lowest BCUT2D eigenvalue weighted by Gasteiger charge is -2.42. The fourth-order valence-electron chi connectivity index (χ4n) is 4.85. The predicted octanol–water partition coefficient (Wildman–Crippen LogP) is 2.16. The van der Waals surface area contributed by atoms with Crippen molar-refractivity contribution in [2.24, 2.45) is 0 Å². The number of nitrogens with one attached hydrogen (secondary N) is 1. The number of carbonyl (C=O) groups is 3. The Hall–Kier alpha value is -2.68. The van der Waals surface area contributed by atoms with E-state index < -0.39 is 23.0 Å². The van der Waals surface area contributed by atoms with E-state index in [0.29, 0.717) is 17.9 Å². The molecular weight excluding hydrogens is 405 g/mol. The molecule has 0 radical (unpaired) electrons. The number of likely N-dealkylation sites (tertiary alicyclic amines) is 1. The fraction of sp³-hybridized carbons (Fsp3) is 0.591. The van der Waals surface area contributed by atoms with Gasteiger partial charge in [-0.05, 0) is 44.9 Å². The van der Waals surface area contributed by atoms with Crippen LogP contribution in [0.15, 0.2) is 18.2 Å². The molecule has 9 heteroatoms. The van der Waals surface area contributed by atoms with Crippen molar-refractivity contribution in [1.82, 2.24) is 15.1 Å². The molecule has 3 aliphatic heterocycles. The van der Waals surface area contributed by atoms with Crippen molar-refractivity contribution in [3.8, 4) is 5.75 Å². The Bertz CT molecular complexity index is 912. The summed E-state index contributed by atoms with van der Waals surface area (Å²) >= 11 is 0. The number of fused-ring (bicyclic) bond motifs is 2. The number of benzene rings is 1. The highest BCUT2D eigenvalue weighted by molar-refractivity contribution is 6.08. The summed E-state index contributed by atoms with van der Waals surface area (Å²) in [4.78, 5) is 40.8. The number of rotatable bonds is 4. The van der Waals surface area contributed by atoms with Gasteiger partial charge in [-0.3, -0.25) is 14.5 Å². The molecule has 2 saturated heterocycles. The molecule has 2 fully saturated rings. The molecule has 168 valence electrons. The maximum atomic E-state index is 14.0. The van der Waals surface area contributed by atoms with E-state index in [1.165, 1.54) is 30.0 Å². The van der Waals surface area contributed by atoms with Gasteiger partial charge in [0, 0.05) is 45.1 Å². The summed E-state index contributed by atoms with van der Waals surface area (Å²) in [6, 6.07) is 3.58. The third-order valence-electron chi connectivity index (χ3n) is 6.16. The standard InChI is InChI=1S/C22H28FN3O5/c1-14(27)30-16-6-8-25(9-7-16)10-11-26-19(28)22(24-20(26)29)13-21(2,3)31-18-5-4-15(23)12-17(18)22/h4-5,12,16H,6-11,13H2,1-3H3,(H,24,29). The zero-order valence-electron chi connectivity index (χ0n) is 18.1. The second kappa shape index (κ2) is 7.78. The second-order valence-electron chi connectivity index (χ2n) is 9.12. The quantitative estimate of drug-likeness (QED) is 0.578. The summed E-state index contributed by atoms with van der Waals surface area (Å²) in [6.45, 7) is 7.30. The Morgan fingerprint density at radius 2 is 1.97 bits per heavy atom. The lowest BCUT2D eigenvalue weighted by Crippen LogP contribution is -2.54. The number of hydrogen-bond donors (Lipinski definition) is 1. The molecule has 0 bridgehead atoms. The van der Waals surface area contributed by atoms with Gasteiger partial charge in [0.05, 0.1) is 0 Å². The van der Waals surface area contributed by atoms with Crippen LogP contribution in [0.3, 0.4) is 0 Å². The highest BCUT2D eigenvalue weighted by Gasteiger charge is 2.58. The molecule has 31 heavy (non-hydrogen) atoms. The minimum Gasteiger partial charge on any atom is -0.487 e.